The summed E-state index contributed by atoms with van der Waals surface area (Å²) < 4.78 is 10.9. The summed E-state index contributed by atoms with van der Waals surface area (Å²) in [4.78, 5) is 115. The van der Waals surface area contributed by atoms with Crippen molar-refractivity contribution < 1.29 is 43.3 Å². The molecule has 6 N–H and O–H groups in total. The van der Waals surface area contributed by atoms with E-state index in [1.807, 2.05) is 57.2 Å². The topological polar surface area (TPSA) is 268 Å². The van der Waals surface area contributed by atoms with Gasteiger partial charge in [0, 0.05) is 92.6 Å². The number of hydrogen-bond donors (Lipinski definition) is 6. The number of H-pyrrole nitrogens is 4. The first kappa shape index (κ1) is 57.4. The van der Waals surface area contributed by atoms with Crippen LogP contribution in [0, 0.1) is 25.7 Å². The molecule has 3 aromatic carbocycles. The van der Waals surface area contributed by atoms with Crippen LogP contribution in [-0.4, -0.2) is 94.0 Å². The molecule has 2 unspecified atom stereocenters. The minimum absolute atomic E-state index is 0.0175. The lowest BCUT2D eigenvalue weighted by Crippen LogP contribution is -2.30. The number of aryl methyl sites for hydroxylation is 2. The van der Waals surface area contributed by atoms with Crippen molar-refractivity contribution in [3.8, 4) is 28.5 Å². The fourth-order valence-electron chi connectivity index (χ4n) is 13.8. The Hall–Kier alpha value is -9.06. The molecule has 0 spiro atoms. The molecule has 86 heavy (non-hydrogen) atoms. The number of nitrogens with one attached hydrogen (secondary N) is 5. The Morgan fingerprint density at radius 2 is 1.35 bits per heavy atom. The molecule has 442 valence electrons. The lowest BCUT2D eigenvalue weighted by Gasteiger charge is -2.26. The molecule has 2 aliphatic heterocycles. The summed E-state index contributed by atoms with van der Waals surface area (Å²) in [7, 11) is 1.25. The molecule has 0 radical (unpaired) electrons. The highest BCUT2D eigenvalue weighted by atomic mass is 16.5. The van der Waals surface area contributed by atoms with Crippen LogP contribution in [-0.2, 0) is 23.9 Å². The van der Waals surface area contributed by atoms with Crippen molar-refractivity contribution in [1.82, 2.24) is 45.2 Å². The first-order valence-electron chi connectivity index (χ1n) is 30.1. The molecule has 1 saturated carbocycles. The number of fused-ring (bicyclic) bond motifs is 10. The molecule has 4 aliphatic rings. The first-order valence-corrected chi connectivity index (χ1v) is 30.1. The van der Waals surface area contributed by atoms with Gasteiger partial charge in [0.15, 0.2) is 17.5 Å². The SMILES string of the molecule is CC[C@H]1c2cc3[nH]c4c(c3C)C(=O)C(C(=O)OC)c4c3nc(cc4[nH]c(cc(n2)[C@@H]1C)c(C(C)=O)c4C)[C@@H](C)[C@@H]3CCC(=O)NCCCC(C(=O)O)C(=O)Oc1ccc(-c2nc3ccc(-c4nc5ccc(C6CCC(C)CC6)cc5[nH]4)cc3[nH]2)cc1. The minimum Gasteiger partial charge on any atom is -0.481 e. The lowest BCUT2D eigenvalue weighted by atomic mass is 9.79. The quantitative estimate of drug-likeness (QED) is 0.0173. The van der Waals surface area contributed by atoms with Crippen molar-refractivity contribution in [2.75, 3.05) is 13.7 Å². The maximum atomic E-state index is 14.5. The number of carboxylic acids is 1. The number of imidazole rings is 2. The van der Waals surface area contributed by atoms with Gasteiger partial charge in [-0.2, -0.15) is 0 Å². The number of aliphatic carboxylic acids is 1. The highest BCUT2D eigenvalue weighted by Gasteiger charge is 2.46. The number of Topliss-reactive ketones (excluding diaryl/α,β-unsaturated/α-hetero) is 2. The first-order chi connectivity index (χ1) is 41.4. The molecule has 0 saturated heterocycles. The van der Waals surface area contributed by atoms with Gasteiger partial charge in [-0.1, -0.05) is 46.6 Å². The number of hydrogen-bond acceptors (Lipinski definition) is 12. The van der Waals surface area contributed by atoms with Crippen LogP contribution >= 0.6 is 0 Å². The number of ether oxygens (including phenoxy) is 2. The molecule has 1 fully saturated rings. The maximum absolute atomic E-state index is 14.5. The Bertz CT molecular complexity index is 4250. The summed E-state index contributed by atoms with van der Waals surface area (Å²) in [5.74, 6) is -4.40. The van der Waals surface area contributed by atoms with Gasteiger partial charge in [0.2, 0.25) is 5.91 Å². The second-order valence-electron chi connectivity index (χ2n) is 24.2. The minimum atomic E-state index is -1.50. The van der Waals surface area contributed by atoms with E-state index in [0.29, 0.717) is 67.5 Å². The molecule has 2 aliphatic carbocycles. The molecule has 5 aromatic heterocycles. The van der Waals surface area contributed by atoms with E-state index in [9.17, 15) is 33.9 Å². The number of benzene rings is 3. The predicted octanol–water partition coefficient (Wildman–Crippen LogP) is 13.1. The highest BCUT2D eigenvalue weighted by Crippen LogP contribution is 2.49. The number of carbonyl (C=O) groups excluding carboxylic acids is 5. The van der Waals surface area contributed by atoms with Gasteiger partial charge in [0.25, 0.3) is 0 Å². The average Bonchev–Trinajstić information content (AvgIpc) is 1.64. The summed E-state index contributed by atoms with van der Waals surface area (Å²) in [6, 6.07) is 25.0. The van der Waals surface area contributed by atoms with Crippen molar-refractivity contribution in [2.45, 2.75) is 142 Å². The Morgan fingerprint density at radius 1 is 0.709 bits per heavy atom. The Morgan fingerprint density at radius 3 is 2.05 bits per heavy atom. The highest BCUT2D eigenvalue weighted by molar-refractivity contribution is 6.23. The molecule has 8 bridgehead atoms. The van der Waals surface area contributed by atoms with E-state index in [1.54, 1.807) is 31.2 Å². The number of methoxy groups -OCH3 is 1. The van der Waals surface area contributed by atoms with Gasteiger partial charge in [0.05, 0.1) is 45.9 Å². The number of carboxylic acid groups (broad SMARTS) is 1. The van der Waals surface area contributed by atoms with Crippen LogP contribution < -0.4 is 10.1 Å². The van der Waals surface area contributed by atoms with Crippen LogP contribution in [0.15, 0.2) is 78.9 Å². The second kappa shape index (κ2) is 23.1. The van der Waals surface area contributed by atoms with Crippen LogP contribution in [0.2, 0.25) is 0 Å². The van der Waals surface area contributed by atoms with Crippen LogP contribution in [0.5, 0.6) is 5.75 Å². The van der Waals surface area contributed by atoms with Gasteiger partial charge in [-0.3, -0.25) is 38.7 Å². The van der Waals surface area contributed by atoms with E-state index in [2.05, 4.69) is 64.2 Å². The number of amides is 1. The van der Waals surface area contributed by atoms with Crippen molar-refractivity contribution >= 4 is 79.5 Å². The number of aromatic amines is 4. The smallest absolute Gasteiger partial charge is 0.325 e. The van der Waals surface area contributed by atoms with Crippen molar-refractivity contribution in [1.29, 1.82) is 0 Å². The summed E-state index contributed by atoms with van der Waals surface area (Å²) in [5, 5.41) is 13.1. The number of aromatic nitrogens is 8. The third kappa shape index (κ3) is 10.6. The zero-order chi connectivity index (χ0) is 60.4. The van der Waals surface area contributed by atoms with Gasteiger partial charge in [0.1, 0.15) is 23.3 Å². The van der Waals surface area contributed by atoms with Gasteiger partial charge in [-0.05, 0) is 161 Å². The molecule has 7 heterocycles. The van der Waals surface area contributed by atoms with Crippen LogP contribution in [0.3, 0.4) is 0 Å². The standard InChI is InChI=1S/C68H71N9O9/c1-9-43-33(3)48-31-55-57(37(7)78)35(5)50(71-55)29-49-34(4)44(61(72-49)59-60(68(84)85-8)63(80)58-36(6)51(73-62(58)59)30-52(43)70-48)22-25-56(79)69-26-10-11-45(66(81)82)67(83)86-42-20-16-39(17-21-42)64-74-47-24-19-41(28-54(47)76-64)65-75-46-23-18-40(27-53(46)77-65)38-14-12-32(2)13-15-38/h16-21,23-24,27-34,38,43-45,60,71,73H,9-15,22,25-26H2,1-8H3,(H,69,79)(H,74,76)(H,75,77)(H,81,82)/t32?,33-,34+,38?,43-,44+,45?,60?/m1/s1. The largest absolute Gasteiger partial charge is 0.481 e. The van der Waals surface area contributed by atoms with E-state index in [1.165, 1.54) is 38.4 Å². The normalized spacial score (nSPS) is 20.3. The van der Waals surface area contributed by atoms with Crippen LogP contribution in [0.4, 0.5) is 0 Å². The van der Waals surface area contributed by atoms with E-state index < -0.39 is 41.4 Å². The monoisotopic (exact) mass is 1160 g/mol. The number of rotatable bonds is 16. The number of ketones is 2. The number of esters is 2. The summed E-state index contributed by atoms with van der Waals surface area (Å²) >= 11 is 0. The predicted molar refractivity (Wildman–Crippen MR) is 327 cm³/mol. The van der Waals surface area contributed by atoms with Crippen LogP contribution in [0.25, 0.3) is 66.9 Å². The van der Waals surface area contributed by atoms with Crippen molar-refractivity contribution in [3.05, 3.63) is 135 Å². The molecule has 12 rings (SSSR count). The molecule has 1 amide bonds. The Labute approximate surface area is 496 Å². The summed E-state index contributed by atoms with van der Waals surface area (Å²) in [6.07, 6.45) is 6.10. The van der Waals surface area contributed by atoms with E-state index in [4.69, 9.17) is 29.4 Å². The fourth-order valence-corrected chi connectivity index (χ4v) is 13.8. The molecule has 8 aromatic rings. The molecular formula is C68H71N9O9. The van der Waals surface area contributed by atoms with E-state index in [-0.39, 0.29) is 67.4 Å². The third-order valence-electron chi connectivity index (χ3n) is 18.8. The van der Waals surface area contributed by atoms with Gasteiger partial charge >= 0.3 is 17.9 Å². The van der Waals surface area contributed by atoms with Crippen LogP contribution in [0.1, 0.15) is 194 Å². The third-order valence-corrected chi connectivity index (χ3v) is 18.8. The molecule has 6 atom stereocenters. The maximum Gasteiger partial charge on any atom is 0.325 e. The zero-order valence-electron chi connectivity index (χ0n) is 49.7. The second-order valence-corrected chi connectivity index (χ2v) is 24.2. The molecule has 18 nitrogen and oxygen atoms in total. The Balaban J connectivity index is 0.718. The zero-order valence-corrected chi connectivity index (χ0v) is 49.7. The lowest BCUT2D eigenvalue weighted by molar-refractivity contribution is -0.153. The van der Waals surface area contributed by atoms with Crippen molar-refractivity contribution in [2.24, 2.45) is 11.8 Å². The van der Waals surface area contributed by atoms with Gasteiger partial charge in [-0.15, -0.1) is 0 Å². The van der Waals surface area contributed by atoms with E-state index in [0.717, 1.165) is 68.3 Å². The summed E-state index contributed by atoms with van der Waals surface area (Å²) in [6.45, 7) is 13.9. The molecular weight excluding hydrogens is 1090 g/mol. The van der Waals surface area contributed by atoms with Gasteiger partial charge < -0.3 is 39.8 Å². The average molecular weight is 1160 g/mol. The summed E-state index contributed by atoms with van der Waals surface area (Å²) in [5.41, 5.74) is 14.5. The van der Waals surface area contributed by atoms with Crippen molar-refractivity contribution in [3.63, 3.8) is 0 Å². The number of carbonyl (C=O) groups is 6. The fraction of sp³-hybridized carbons (Fsp3) is 0.382. The van der Waals surface area contributed by atoms with E-state index >= 15 is 0 Å². The van der Waals surface area contributed by atoms with Gasteiger partial charge in [-0.25, -0.2) is 9.97 Å². The Kier molecular flexibility index (Phi) is 15.4. The molecule has 18 heteroatoms. The number of nitrogens with zero attached hydrogens (tertiary/aromatic N) is 4.